The van der Waals surface area contributed by atoms with Crippen LogP contribution in [-0.2, 0) is 0 Å². The fourth-order valence-electron chi connectivity index (χ4n) is 3.18. The third-order valence-electron chi connectivity index (χ3n) is 5.08. The normalized spacial score (nSPS) is 25.4. The lowest BCUT2D eigenvalue weighted by Gasteiger charge is -2.40. The second-order valence-corrected chi connectivity index (χ2v) is 6.58. The largest absolute Gasteiger partial charge is 0.485 e. The van der Waals surface area contributed by atoms with E-state index in [2.05, 4.69) is 36.2 Å². The summed E-state index contributed by atoms with van der Waals surface area (Å²) in [6.07, 6.45) is 4.21. The van der Waals surface area contributed by atoms with Crippen LogP contribution in [0.2, 0.25) is 0 Å². The van der Waals surface area contributed by atoms with E-state index in [9.17, 15) is 0 Å². The maximum Gasteiger partial charge on any atom is 0.142 e. The Bertz CT molecular complexity index is 452. The Morgan fingerprint density at radius 3 is 2.80 bits per heavy atom. The Kier molecular flexibility index (Phi) is 3.88. The zero-order valence-electron chi connectivity index (χ0n) is 12.7. The third kappa shape index (κ3) is 2.93. The van der Waals surface area contributed by atoms with Gasteiger partial charge < -0.3 is 10.1 Å². The number of fused-ring (bicyclic) bond motifs is 1. The minimum Gasteiger partial charge on any atom is -0.485 e. The summed E-state index contributed by atoms with van der Waals surface area (Å²) < 4.78 is 6.11. The van der Waals surface area contributed by atoms with Crippen LogP contribution in [0.3, 0.4) is 0 Å². The van der Waals surface area contributed by atoms with Gasteiger partial charge in [0, 0.05) is 6.54 Å². The van der Waals surface area contributed by atoms with Gasteiger partial charge in [0.25, 0.3) is 0 Å². The van der Waals surface area contributed by atoms with Crippen LogP contribution >= 0.6 is 0 Å². The maximum absolute atomic E-state index is 6.11. The molecule has 3 heteroatoms. The number of likely N-dealkylation sites (tertiary alicyclic amines) is 1. The first-order chi connectivity index (χ1) is 9.68. The molecule has 0 aliphatic carbocycles. The number of para-hydroxylation sites is 2. The quantitative estimate of drug-likeness (QED) is 0.914. The van der Waals surface area contributed by atoms with Crippen molar-refractivity contribution in [2.24, 2.45) is 5.41 Å². The van der Waals surface area contributed by atoms with Gasteiger partial charge in [-0.05, 0) is 43.5 Å². The van der Waals surface area contributed by atoms with E-state index < -0.39 is 0 Å². The van der Waals surface area contributed by atoms with E-state index in [0.717, 1.165) is 24.5 Å². The molecule has 1 saturated heterocycles. The van der Waals surface area contributed by atoms with Crippen LogP contribution in [0.1, 0.15) is 33.1 Å². The maximum atomic E-state index is 6.11. The number of anilines is 1. The summed E-state index contributed by atoms with van der Waals surface area (Å²) >= 11 is 0. The number of nitrogens with zero attached hydrogens (tertiary/aromatic N) is 1. The first kappa shape index (κ1) is 13.7. The van der Waals surface area contributed by atoms with Crippen molar-refractivity contribution in [3.8, 4) is 5.75 Å². The predicted molar refractivity (Wildman–Crippen MR) is 83.4 cm³/mol. The summed E-state index contributed by atoms with van der Waals surface area (Å²) in [7, 11) is 0. The zero-order valence-corrected chi connectivity index (χ0v) is 12.7. The molecule has 1 unspecified atom stereocenters. The Balaban J connectivity index is 1.53. The van der Waals surface area contributed by atoms with Crippen molar-refractivity contribution in [2.75, 3.05) is 31.5 Å². The average Bonchev–Trinajstić information content (AvgIpc) is 2.50. The highest BCUT2D eigenvalue weighted by molar-refractivity contribution is 5.57. The molecule has 0 bridgehead atoms. The first-order valence-electron chi connectivity index (χ1n) is 7.90. The Labute approximate surface area is 122 Å². The lowest BCUT2D eigenvalue weighted by molar-refractivity contribution is 0.0747. The molecule has 3 nitrogen and oxygen atoms in total. The highest BCUT2D eigenvalue weighted by atomic mass is 16.5. The highest BCUT2D eigenvalue weighted by Gasteiger charge is 2.30. The number of hydrogen-bond donors (Lipinski definition) is 1. The van der Waals surface area contributed by atoms with Crippen LogP contribution in [0, 0.1) is 5.41 Å². The number of hydrogen-bond acceptors (Lipinski definition) is 3. The van der Waals surface area contributed by atoms with Gasteiger partial charge in [-0.1, -0.05) is 32.4 Å². The van der Waals surface area contributed by atoms with Crippen molar-refractivity contribution in [1.82, 2.24) is 4.90 Å². The zero-order chi connectivity index (χ0) is 14.0. The molecule has 1 atom stereocenters. The third-order valence-corrected chi connectivity index (χ3v) is 5.08. The van der Waals surface area contributed by atoms with Gasteiger partial charge in [-0.15, -0.1) is 0 Å². The van der Waals surface area contributed by atoms with Crippen molar-refractivity contribution < 1.29 is 4.74 Å². The molecule has 110 valence electrons. The molecule has 1 aromatic rings. The van der Waals surface area contributed by atoms with Crippen molar-refractivity contribution in [3.05, 3.63) is 24.3 Å². The van der Waals surface area contributed by atoms with E-state index >= 15 is 0 Å². The summed E-state index contributed by atoms with van der Waals surface area (Å²) in [5, 5.41) is 3.48. The van der Waals surface area contributed by atoms with E-state index in [1.807, 2.05) is 12.1 Å². The number of ether oxygens (including phenoxy) is 1. The van der Waals surface area contributed by atoms with E-state index in [0.29, 0.717) is 5.41 Å². The minimum atomic E-state index is 0.274. The van der Waals surface area contributed by atoms with Gasteiger partial charge in [-0.2, -0.15) is 0 Å². The Morgan fingerprint density at radius 1 is 1.30 bits per heavy atom. The van der Waals surface area contributed by atoms with E-state index in [1.165, 1.54) is 32.4 Å². The molecule has 0 amide bonds. The molecule has 2 aliphatic heterocycles. The van der Waals surface area contributed by atoms with Crippen LogP contribution in [0.4, 0.5) is 5.69 Å². The van der Waals surface area contributed by atoms with E-state index in [4.69, 9.17) is 4.74 Å². The lowest BCUT2D eigenvalue weighted by atomic mass is 9.78. The van der Waals surface area contributed by atoms with Crippen molar-refractivity contribution in [3.63, 3.8) is 0 Å². The van der Waals surface area contributed by atoms with Crippen LogP contribution in [0.25, 0.3) is 0 Å². The van der Waals surface area contributed by atoms with Gasteiger partial charge in [0.2, 0.25) is 0 Å². The van der Waals surface area contributed by atoms with Gasteiger partial charge in [0.1, 0.15) is 11.9 Å². The number of benzene rings is 1. The van der Waals surface area contributed by atoms with Crippen LogP contribution < -0.4 is 10.1 Å². The Hall–Kier alpha value is -1.22. The van der Waals surface area contributed by atoms with Crippen molar-refractivity contribution >= 4 is 5.69 Å². The Morgan fingerprint density at radius 2 is 2.05 bits per heavy atom. The van der Waals surface area contributed by atoms with Crippen molar-refractivity contribution in [2.45, 2.75) is 39.2 Å². The molecule has 2 heterocycles. The monoisotopic (exact) mass is 274 g/mol. The SMILES string of the molecule is CCC1(C)CCN(CC2CNc3ccccc3O2)CC1. The van der Waals surface area contributed by atoms with E-state index in [1.54, 1.807) is 0 Å². The summed E-state index contributed by atoms with van der Waals surface area (Å²) in [4.78, 5) is 2.57. The highest BCUT2D eigenvalue weighted by Crippen LogP contribution is 2.34. The van der Waals surface area contributed by atoms with Gasteiger partial charge in [0.15, 0.2) is 0 Å². The summed E-state index contributed by atoms with van der Waals surface area (Å²) in [6, 6.07) is 8.22. The fraction of sp³-hybridized carbons (Fsp3) is 0.647. The molecule has 20 heavy (non-hydrogen) atoms. The minimum absolute atomic E-state index is 0.274. The number of piperidine rings is 1. The second kappa shape index (κ2) is 5.65. The molecule has 2 aliphatic rings. The molecule has 0 saturated carbocycles. The van der Waals surface area contributed by atoms with Gasteiger partial charge in [-0.3, -0.25) is 4.90 Å². The molecule has 1 N–H and O–H groups in total. The number of rotatable bonds is 3. The molecule has 0 radical (unpaired) electrons. The summed E-state index contributed by atoms with van der Waals surface area (Å²) in [5.41, 5.74) is 1.69. The smallest absolute Gasteiger partial charge is 0.142 e. The van der Waals surface area contributed by atoms with Crippen LogP contribution in [0.5, 0.6) is 5.75 Å². The second-order valence-electron chi connectivity index (χ2n) is 6.58. The van der Waals surface area contributed by atoms with Gasteiger partial charge >= 0.3 is 0 Å². The molecular formula is C17H26N2O. The fourth-order valence-corrected chi connectivity index (χ4v) is 3.18. The van der Waals surface area contributed by atoms with Gasteiger partial charge in [0.05, 0.1) is 12.2 Å². The molecule has 0 spiro atoms. The molecule has 1 fully saturated rings. The summed E-state index contributed by atoms with van der Waals surface area (Å²) in [6.45, 7) is 9.14. The van der Waals surface area contributed by atoms with E-state index in [-0.39, 0.29) is 6.10 Å². The lowest BCUT2D eigenvalue weighted by Crippen LogP contribution is -2.46. The molecule has 0 aromatic heterocycles. The molecule has 1 aromatic carbocycles. The van der Waals surface area contributed by atoms with Crippen LogP contribution in [-0.4, -0.2) is 37.2 Å². The first-order valence-corrected chi connectivity index (χ1v) is 7.90. The van der Waals surface area contributed by atoms with Crippen LogP contribution in [0.15, 0.2) is 24.3 Å². The van der Waals surface area contributed by atoms with Crippen molar-refractivity contribution in [1.29, 1.82) is 0 Å². The average molecular weight is 274 g/mol. The van der Waals surface area contributed by atoms with Gasteiger partial charge in [-0.25, -0.2) is 0 Å². The predicted octanol–water partition coefficient (Wildman–Crippen LogP) is 3.37. The molecular weight excluding hydrogens is 248 g/mol. The molecule has 3 rings (SSSR count). The summed E-state index contributed by atoms with van der Waals surface area (Å²) in [5.74, 6) is 0.999. The standard InChI is InChI=1S/C17H26N2O/c1-3-17(2)8-10-19(11-9-17)13-14-12-18-15-6-4-5-7-16(15)20-14/h4-7,14,18H,3,8-13H2,1-2H3. The number of nitrogens with one attached hydrogen (secondary N) is 1. The topological polar surface area (TPSA) is 24.5 Å².